The second-order valence-corrected chi connectivity index (χ2v) is 6.44. The highest BCUT2D eigenvalue weighted by atomic mass is 35.5. The molecule has 1 aromatic rings. The van der Waals surface area contributed by atoms with Crippen molar-refractivity contribution in [2.24, 2.45) is 5.73 Å². The highest BCUT2D eigenvalue weighted by Gasteiger charge is 2.21. The first kappa shape index (κ1) is 14.0. The van der Waals surface area contributed by atoms with Crippen LogP contribution in [0.1, 0.15) is 18.9 Å². The number of benzene rings is 1. The van der Waals surface area contributed by atoms with E-state index < -0.39 is 0 Å². The summed E-state index contributed by atoms with van der Waals surface area (Å²) in [4.78, 5) is 2.47. The maximum absolute atomic E-state index is 6.31. The second kappa shape index (κ2) is 6.69. The van der Waals surface area contributed by atoms with E-state index in [1.807, 2.05) is 12.1 Å². The lowest BCUT2D eigenvalue weighted by Gasteiger charge is -2.35. The first-order valence-electron chi connectivity index (χ1n) is 6.60. The molecule has 1 aromatic carbocycles. The smallest absolute Gasteiger partial charge is 0.0459 e. The molecule has 0 radical (unpaired) electrons. The van der Waals surface area contributed by atoms with Gasteiger partial charge in [-0.3, -0.25) is 0 Å². The lowest BCUT2D eigenvalue weighted by Crippen LogP contribution is -2.38. The van der Waals surface area contributed by atoms with E-state index in [0.29, 0.717) is 6.54 Å². The van der Waals surface area contributed by atoms with Gasteiger partial charge in [0.25, 0.3) is 0 Å². The van der Waals surface area contributed by atoms with Gasteiger partial charge in [0.2, 0.25) is 0 Å². The Balaban J connectivity index is 2.23. The predicted molar refractivity (Wildman–Crippen MR) is 83.0 cm³/mol. The predicted octanol–water partition coefficient (Wildman–Crippen LogP) is 3.17. The summed E-state index contributed by atoms with van der Waals surface area (Å²) in [7, 11) is 0. The fraction of sp³-hybridized carbons (Fsp3) is 0.571. The van der Waals surface area contributed by atoms with Crippen LogP contribution < -0.4 is 10.6 Å². The Hall–Kier alpha value is -0.380. The lowest BCUT2D eigenvalue weighted by molar-refractivity contribution is 0.724. The molecule has 1 saturated heterocycles. The Bertz CT molecular complexity index is 397. The van der Waals surface area contributed by atoms with Crippen molar-refractivity contribution < 1.29 is 0 Å². The number of hydrogen-bond donors (Lipinski definition) is 1. The number of nitrogens with two attached hydrogens (primary N) is 1. The summed E-state index contributed by atoms with van der Waals surface area (Å²) in [6.45, 7) is 5.15. The van der Waals surface area contributed by atoms with Crippen LogP contribution in [-0.2, 0) is 6.42 Å². The molecule has 1 atom stereocenters. The average Bonchev–Trinajstić information content (AvgIpc) is 2.41. The van der Waals surface area contributed by atoms with Crippen LogP contribution in [0.4, 0.5) is 5.69 Å². The quantitative estimate of drug-likeness (QED) is 0.921. The zero-order valence-electron chi connectivity index (χ0n) is 10.9. The summed E-state index contributed by atoms with van der Waals surface area (Å²) in [5.41, 5.74) is 8.20. The molecular weight excluding hydrogens is 264 g/mol. The van der Waals surface area contributed by atoms with Crippen molar-refractivity contribution in [3.8, 4) is 0 Å². The second-order valence-electron chi connectivity index (χ2n) is 4.62. The molecule has 2 N–H and O–H groups in total. The van der Waals surface area contributed by atoms with E-state index in [-0.39, 0.29) is 0 Å². The molecule has 18 heavy (non-hydrogen) atoms. The van der Waals surface area contributed by atoms with Crippen molar-refractivity contribution in [1.29, 1.82) is 0 Å². The first-order chi connectivity index (χ1) is 8.76. The van der Waals surface area contributed by atoms with Crippen LogP contribution in [0.2, 0.25) is 5.02 Å². The van der Waals surface area contributed by atoms with Crippen LogP contribution in [-0.4, -0.2) is 30.6 Å². The number of thioether (sulfide) groups is 1. The van der Waals surface area contributed by atoms with Gasteiger partial charge in [-0.2, -0.15) is 11.8 Å². The van der Waals surface area contributed by atoms with Crippen molar-refractivity contribution >= 4 is 29.1 Å². The normalized spacial score (nSPS) is 20.2. The maximum atomic E-state index is 6.31. The highest BCUT2D eigenvalue weighted by Crippen LogP contribution is 2.31. The number of halogens is 1. The van der Waals surface area contributed by atoms with Gasteiger partial charge < -0.3 is 10.6 Å². The van der Waals surface area contributed by atoms with Crippen LogP contribution in [0.25, 0.3) is 0 Å². The van der Waals surface area contributed by atoms with Crippen molar-refractivity contribution in [3.05, 3.63) is 28.8 Å². The fourth-order valence-corrected chi connectivity index (χ4v) is 3.86. The summed E-state index contributed by atoms with van der Waals surface area (Å²) in [6.07, 6.45) is 2.09. The van der Waals surface area contributed by atoms with Gasteiger partial charge in [0, 0.05) is 34.8 Å². The van der Waals surface area contributed by atoms with Gasteiger partial charge in [-0.1, -0.05) is 24.6 Å². The Morgan fingerprint density at radius 2 is 2.33 bits per heavy atom. The number of nitrogens with zero attached hydrogens (tertiary/aromatic N) is 1. The summed E-state index contributed by atoms with van der Waals surface area (Å²) >= 11 is 8.40. The lowest BCUT2D eigenvalue weighted by atomic mass is 10.1. The SMILES string of the molecule is CCC1CN(c2cccc(Cl)c2CCN)CCS1. The molecule has 2 rings (SSSR count). The maximum Gasteiger partial charge on any atom is 0.0459 e. The van der Waals surface area contributed by atoms with Gasteiger partial charge in [0.1, 0.15) is 0 Å². The van der Waals surface area contributed by atoms with Crippen LogP contribution >= 0.6 is 23.4 Å². The molecule has 0 saturated carbocycles. The van der Waals surface area contributed by atoms with Gasteiger partial charge in [-0.15, -0.1) is 0 Å². The molecule has 0 aliphatic carbocycles. The summed E-state index contributed by atoms with van der Waals surface area (Å²) in [5.74, 6) is 1.20. The molecule has 0 aromatic heterocycles. The van der Waals surface area contributed by atoms with E-state index in [1.54, 1.807) is 0 Å². The zero-order valence-corrected chi connectivity index (χ0v) is 12.4. The Morgan fingerprint density at radius 1 is 1.50 bits per heavy atom. The molecule has 1 aliphatic heterocycles. The minimum atomic E-state index is 0.649. The third kappa shape index (κ3) is 3.14. The molecule has 1 aliphatic rings. The monoisotopic (exact) mass is 284 g/mol. The van der Waals surface area contributed by atoms with E-state index in [0.717, 1.165) is 29.8 Å². The fourth-order valence-electron chi connectivity index (χ4n) is 2.42. The summed E-state index contributed by atoms with van der Waals surface area (Å²) in [5, 5.41) is 1.59. The van der Waals surface area contributed by atoms with Crippen molar-refractivity contribution in [3.63, 3.8) is 0 Å². The molecule has 0 spiro atoms. The zero-order chi connectivity index (χ0) is 13.0. The molecule has 100 valence electrons. The molecule has 1 heterocycles. The van der Waals surface area contributed by atoms with E-state index in [1.165, 1.54) is 23.4 Å². The molecule has 0 bridgehead atoms. The standard InChI is InChI=1S/C14H21ClN2S/c1-2-11-10-17(8-9-18-11)14-5-3-4-13(15)12(14)6-7-16/h3-5,11H,2,6-10,16H2,1H3. The Morgan fingerprint density at radius 3 is 3.06 bits per heavy atom. The molecule has 4 heteroatoms. The van der Waals surface area contributed by atoms with E-state index in [2.05, 4.69) is 29.7 Å². The number of anilines is 1. The van der Waals surface area contributed by atoms with Crippen LogP contribution in [0.5, 0.6) is 0 Å². The summed E-state index contributed by atoms with van der Waals surface area (Å²) in [6, 6.07) is 6.19. The van der Waals surface area contributed by atoms with Crippen molar-refractivity contribution in [2.75, 3.05) is 30.3 Å². The topological polar surface area (TPSA) is 29.3 Å². The van der Waals surface area contributed by atoms with Gasteiger partial charge in [0.15, 0.2) is 0 Å². The molecule has 2 nitrogen and oxygen atoms in total. The van der Waals surface area contributed by atoms with Crippen LogP contribution in [0, 0.1) is 0 Å². The third-order valence-electron chi connectivity index (χ3n) is 3.42. The minimum Gasteiger partial charge on any atom is -0.369 e. The Labute approximate surface area is 119 Å². The molecule has 0 amide bonds. The van der Waals surface area contributed by atoms with Crippen molar-refractivity contribution in [1.82, 2.24) is 0 Å². The first-order valence-corrected chi connectivity index (χ1v) is 8.03. The molecular formula is C14H21ClN2S. The molecule has 1 unspecified atom stereocenters. The molecule has 1 fully saturated rings. The highest BCUT2D eigenvalue weighted by molar-refractivity contribution is 8.00. The van der Waals surface area contributed by atoms with Gasteiger partial charge in [0.05, 0.1) is 0 Å². The van der Waals surface area contributed by atoms with Gasteiger partial charge >= 0.3 is 0 Å². The number of rotatable bonds is 4. The average molecular weight is 285 g/mol. The van der Waals surface area contributed by atoms with E-state index >= 15 is 0 Å². The van der Waals surface area contributed by atoms with Crippen LogP contribution in [0.15, 0.2) is 18.2 Å². The largest absolute Gasteiger partial charge is 0.369 e. The third-order valence-corrected chi connectivity index (χ3v) is 5.15. The minimum absolute atomic E-state index is 0.649. The summed E-state index contributed by atoms with van der Waals surface area (Å²) < 4.78 is 0. The van der Waals surface area contributed by atoms with E-state index in [9.17, 15) is 0 Å². The van der Waals surface area contributed by atoms with E-state index in [4.69, 9.17) is 17.3 Å². The Kier molecular flexibility index (Phi) is 5.22. The van der Waals surface area contributed by atoms with Crippen LogP contribution in [0.3, 0.4) is 0 Å². The van der Waals surface area contributed by atoms with Crippen molar-refractivity contribution in [2.45, 2.75) is 25.0 Å². The van der Waals surface area contributed by atoms with Gasteiger partial charge in [-0.05, 0) is 37.1 Å². The van der Waals surface area contributed by atoms with Gasteiger partial charge in [-0.25, -0.2) is 0 Å². The number of hydrogen-bond acceptors (Lipinski definition) is 3.